The van der Waals surface area contributed by atoms with Crippen molar-refractivity contribution < 1.29 is 9.53 Å². The molecular weight excluding hydrogens is 320 g/mol. The van der Waals surface area contributed by atoms with Crippen molar-refractivity contribution in [3.63, 3.8) is 0 Å². The number of rotatable bonds is 0. The number of fused-ring (bicyclic) bond motifs is 2. The highest BCUT2D eigenvalue weighted by molar-refractivity contribution is 9.10. The first-order valence-corrected chi connectivity index (χ1v) is 7.60. The summed E-state index contributed by atoms with van der Waals surface area (Å²) < 4.78 is 6.48. The summed E-state index contributed by atoms with van der Waals surface area (Å²) in [6, 6.07) is 6.30. The lowest BCUT2D eigenvalue weighted by Crippen LogP contribution is -2.62. The van der Waals surface area contributed by atoms with Crippen LogP contribution in [0.1, 0.15) is 26.3 Å². The maximum atomic E-state index is 12.0. The Hall–Kier alpha value is -1.23. The predicted molar refractivity (Wildman–Crippen MR) is 82.1 cm³/mol. The number of carbonyl (C=O) groups is 1. The van der Waals surface area contributed by atoms with Crippen molar-refractivity contribution in [1.29, 1.82) is 0 Å². The third kappa shape index (κ3) is 2.28. The zero-order chi connectivity index (χ0) is 14.5. The summed E-state index contributed by atoms with van der Waals surface area (Å²) >= 11 is 3.49. The van der Waals surface area contributed by atoms with Crippen LogP contribution in [0.4, 0.5) is 10.5 Å². The predicted octanol–water partition coefficient (Wildman–Crippen LogP) is 3.36. The summed E-state index contributed by atoms with van der Waals surface area (Å²) in [5.74, 6) is 0. The molecule has 0 atom stereocenters. The molecule has 1 amide bonds. The van der Waals surface area contributed by atoms with Gasteiger partial charge in [0.05, 0.1) is 5.41 Å². The third-order valence-electron chi connectivity index (χ3n) is 3.81. The summed E-state index contributed by atoms with van der Waals surface area (Å²) in [7, 11) is 0. The van der Waals surface area contributed by atoms with Crippen LogP contribution in [0.2, 0.25) is 0 Å². The Morgan fingerprint density at radius 2 is 2.10 bits per heavy atom. The molecule has 1 aromatic carbocycles. The molecule has 20 heavy (non-hydrogen) atoms. The molecule has 0 unspecified atom stereocenters. The van der Waals surface area contributed by atoms with Gasteiger partial charge in [-0.1, -0.05) is 22.0 Å². The molecule has 1 fully saturated rings. The van der Waals surface area contributed by atoms with Crippen molar-refractivity contribution in [1.82, 2.24) is 4.90 Å². The SMILES string of the molecule is CC(C)(C)OC(=O)N1CC2(CNc3cc(Br)ccc32)C1. The lowest BCUT2D eigenvalue weighted by atomic mass is 9.75. The maximum Gasteiger partial charge on any atom is 0.410 e. The van der Waals surface area contributed by atoms with Gasteiger partial charge in [-0.05, 0) is 38.5 Å². The number of hydrogen-bond donors (Lipinski definition) is 1. The second-order valence-electron chi connectivity index (χ2n) is 6.66. The Bertz CT molecular complexity index is 559. The van der Waals surface area contributed by atoms with Crippen LogP contribution in [0.25, 0.3) is 0 Å². The summed E-state index contributed by atoms with van der Waals surface area (Å²) in [5, 5.41) is 3.43. The van der Waals surface area contributed by atoms with Crippen molar-refractivity contribution in [3.05, 3.63) is 28.2 Å². The monoisotopic (exact) mass is 338 g/mol. The maximum absolute atomic E-state index is 12.0. The highest BCUT2D eigenvalue weighted by Crippen LogP contribution is 2.44. The van der Waals surface area contributed by atoms with Crippen LogP contribution >= 0.6 is 15.9 Å². The van der Waals surface area contributed by atoms with Crippen LogP contribution < -0.4 is 5.32 Å². The van der Waals surface area contributed by atoms with Crippen LogP contribution in [0.3, 0.4) is 0 Å². The Balaban J connectivity index is 1.71. The van der Waals surface area contributed by atoms with E-state index in [0.717, 1.165) is 24.1 Å². The highest BCUT2D eigenvalue weighted by Gasteiger charge is 2.51. The van der Waals surface area contributed by atoms with Crippen LogP contribution in [0.15, 0.2) is 22.7 Å². The van der Waals surface area contributed by atoms with Crippen LogP contribution in [-0.4, -0.2) is 36.2 Å². The van der Waals surface area contributed by atoms with Gasteiger partial charge in [0.2, 0.25) is 0 Å². The number of hydrogen-bond acceptors (Lipinski definition) is 3. The topological polar surface area (TPSA) is 41.6 Å². The molecule has 3 rings (SSSR count). The van der Waals surface area contributed by atoms with Gasteiger partial charge in [-0.15, -0.1) is 0 Å². The molecule has 2 heterocycles. The minimum absolute atomic E-state index is 0.0624. The van der Waals surface area contributed by atoms with Gasteiger partial charge in [0, 0.05) is 29.8 Å². The molecule has 0 aromatic heterocycles. The van der Waals surface area contributed by atoms with E-state index >= 15 is 0 Å². The van der Waals surface area contributed by atoms with Gasteiger partial charge in [-0.3, -0.25) is 0 Å². The zero-order valence-electron chi connectivity index (χ0n) is 12.0. The number of nitrogens with zero attached hydrogens (tertiary/aromatic N) is 1. The summed E-state index contributed by atoms with van der Waals surface area (Å²) in [5.41, 5.74) is 2.10. The largest absolute Gasteiger partial charge is 0.444 e. The van der Waals surface area contributed by atoms with Crippen molar-refractivity contribution in [2.45, 2.75) is 31.8 Å². The number of likely N-dealkylation sites (tertiary alicyclic amines) is 1. The van der Waals surface area contributed by atoms with E-state index < -0.39 is 5.60 Å². The van der Waals surface area contributed by atoms with Crippen molar-refractivity contribution >= 4 is 27.7 Å². The number of halogens is 1. The Kier molecular flexibility index (Phi) is 3.01. The molecule has 1 saturated heterocycles. The molecule has 0 bridgehead atoms. The summed E-state index contributed by atoms with van der Waals surface area (Å²) in [6.07, 6.45) is -0.214. The average molecular weight is 339 g/mol. The molecule has 5 heteroatoms. The van der Waals surface area contributed by atoms with Crippen LogP contribution in [0, 0.1) is 0 Å². The zero-order valence-corrected chi connectivity index (χ0v) is 13.6. The highest BCUT2D eigenvalue weighted by atomic mass is 79.9. The third-order valence-corrected chi connectivity index (χ3v) is 4.30. The van der Waals surface area contributed by atoms with Crippen molar-refractivity contribution in [3.8, 4) is 0 Å². The smallest absolute Gasteiger partial charge is 0.410 e. The first kappa shape index (κ1) is 13.7. The average Bonchev–Trinajstić information content (AvgIpc) is 2.62. The normalized spacial score (nSPS) is 19.3. The first-order valence-electron chi connectivity index (χ1n) is 6.81. The van der Waals surface area contributed by atoms with Crippen molar-refractivity contribution in [2.24, 2.45) is 0 Å². The fraction of sp³-hybridized carbons (Fsp3) is 0.533. The van der Waals surface area contributed by atoms with E-state index in [0.29, 0.717) is 0 Å². The first-order chi connectivity index (χ1) is 9.29. The van der Waals surface area contributed by atoms with E-state index in [1.54, 1.807) is 4.90 Å². The number of ether oxygens (including phenoxy) is 1. The van der Waals surface area contributed by atoms with Gasteiger partial charge in [0.25, 0.3) is 0 Å². The number of benzene rings is 1. The minimum atomic E-state index is -0.434. The van der Waals surface area contributed by atoms with Gasteiger partial charge in [0.1, 0.15) is 5.60 Å². The standard InChI is InChI=1S/C15H19BrN2O2/c1-14(2,3)20-13(19)18-8-15(9-18)7-17-12-6-10(16)4-5-11(12)15/h4-6,17H,7-9H2,1-3H3. The molecule has 1 aromatic rings. The quantitative estimate of drug-likeness (QED) is 0.788. The summed E-state index contributed by atoms with van der Waals surface area (Å²) in [4.78, 5) is 13.8. The van der Waals surface area contributed by atoms with E-state index in [1.165, 1.54) is 11.3 Å². The number of carbonyl (C=O) groups excluding carboxylic acids is 1. The molecule has 2 aliphatic rings. The second kappa shape index (κ2) is 4.38. The lowest BCUT2D eigenvalue weighted by Gasteiger charge is -2.47. The van der Waals surface area contributed by atoms with Crippen LogP contribution in [0.5, 0.6) is 0 Å². The Morgan fingerprint density at radius 3 is 2.75 bits per heavy atom. The summed E-state index contributed by atoms with van der Waals surface area (Å²) in [6.45, 7) is 8.02. The van der Waals surface area contributed by atoms with Gasteiger partial charge >= 0.3 is 6.09 Å². The van der Waals surface area contributed by atoms with Crippen molar-refractivity contribution in [2.75, 3.05) is 25.0 Å². The molecule has 2 aliphatic heterocycles. The molecule has 0 aliphatic carbocycles. The van der Waals surface area contributed by atoms with E-state index in [-0.39, 0.29) is 11.5 Å². The van der Waals surface area contributed by atoms with E-state index in [2.05, 4.69) is 39.4 Å². The fourth-order valence-electron chi connectivity index (χ4n) is 2.91. The van der Waals surface area contributed by atoms with Crippen LogP contribution in [-0.2, 0) is 10.2 Å². The van der Waals surface area contributed by atoms with Gasteiger partial charge in [-0.2, -0.15) is 0 Å². The van der Waals surface area contributed by atoms with Gasteiger partial charge in [-0.25, -0.2) is 4.79 Å². The molecule has 4 nitrogen and oxygen atoms in total. The Labute approximate surface area is 127 Å². The molecule has 1 spiro atoms. The lowest BCUT2D eigenvalue weighted by molar-refractivity contribution is -0.00628. The molecule has 0 saturated carbocycles. The molecular formula is C15H19BrN2O2. The van der Waals surface area contributed by atoms with E-state index in [9.17, 15) is 4.79 Å². The number of nitrogens with one attached hydrogen (secondary N) is 1. The molecule has 1 N–H and O–H groups in total. The second-order valence-corrected chi connectivity index (χ2v) is 7.58. The van der Waals surface area contributed by atoms with E-state index in [4.69, 9.17) is 4.74 Å². The van der Waals surface area contributed by atoms with Gasteiger partial charge < -0.3 is 15.0 Å². The molecule has 108 valence electrons. The number of amides is 1. The van der Waals surface area contributed by atoms with Gasteiger partial charge in [0.15, 0.2) is 0 Å². The number of anilines is 1. The fourth-order valence-corrected chi connectivity index (χ4v) is 3.27. The Morgan fingerprint density at radius 1 is 1.40 bits per heavy atom. The van der Waals surface area contributed by atoms with E-state index in [1.807, 2.05) is 20.8 Å². The minimum Gasteiger partial charge on any atom is -0.444 e. The molecule has 0 radical (unpaired) electrons.